The van der Waals surface area contributed by atoms with Crippen molar-refractivity contribution in [1.82, 2.24) is 9.97 Å². The topological polar surface area (TPSA) is 118 Å². The van der Waals surface area contributed by atoms with E-state index in [9.17, 15) is 4.79 Å². The number of nitrogens with zero attached hydrogens (tertiary/aromatic N) is 4. The average Bonchev–Trinajstić information content (AvgIpc) is 2.67. The minimum atomic E-state index is -0.333. The molecule has 0 amide bonds. The smallest absolute Gasteiger partial charge is 0.302 e. The molecular formula is C20H26N6O2. The van der Waals surface area contributed by atoms with Gasteiger partial charge in [0.1, 0.15) is 12.3 Å². The first kappa shape index (κ1) is 21.0. The Morgan fingerprint density at radius 1 is 1.25 bits per heavy atom. The summed E-state index contributed by atoms with van der Waals surface area (Å²) in [5, 5.41) is 7.95. The Morgan fingerprint density at radius 2 is 1.89 bits per heavy atom. The van der Waals surface area contributed by atoms with Gasteiger partial charge < -0.3 is 10.5 Å². The van der Waals surface area contributed by atoms with Crippen LogP contribution in [-0.4, -0.2) is 34.2 Å². The minimum Gasteiger partial charge on any atom is -0.461 e. The number of hydrogen-bond acceptors (Lipinski definition) is 7. The minimum absolute atomic E-state index is 0.0119. The highest BCUT2D eigenvalue weighted by Gasteiger charge is 2.20. The molecule has 0 radical (unpaired) electrons. The lowest BCUT2D eigenvalue weighted by molar-refractivity contribution is -0.142. The van der Waals surface area contributed by atoms with Crippen LogP contribution in [0, 0.1) is 11.3 Å². The number of hydrogen-bond donors (Lipinski definition) is 2. The summed E-state index contributed by atoms with van der Waals surface area (Å²) in [4.78, 5) is 25.8. The molecule has 0 aliphatic heterocycles. The first-order valence-corrected chi connectivity index (χ1v) is 9.00. The van der Waals surface area contributed by atoms with E-state index in [0.29, 0.717) is 23.1 Å². The van der Waals surface area contributed by atoms with Gasteiger partial charge >= 0.3 is 5.97 Å². The Labute approximate surface area is 165 Å². The van der Waals surface area contributed by atoms with Gasteiger partial charge in [-0.3, -0.25) is 20.1 Å². The normalized spacial score (nSPS) is 12.5. The van der Waals surface area contributed by atoms with Crippen LogP contribution in [0.4, 0.5) is 11.5 Å². The van der Waals surface area contributed by atoms with Crippen LogP contribution in [0.3, 0.4) is 0 Å². The number of ether oxygens (including phenoxy) is 1. The van der Waals surface area contributed by atoms with Crippen molar-refractivity contribution in [1.29, 1.82) is 5.41 Å². The van der Waals surface area contributed by atoms with E-state index >= 15 is 0 Å². The first-order valence-electron chi connectivity index (χ1n) is 9.00. The van der Waals surface area contributed by atoms with E-state index in [2.05, 4.69) is 23.8 Å². The third kappa shape index (κ3) is 5.35. The lowest BCUT2D eigenvalue weighted by atomic mass is 10.1. The number of nitrogens with one attached hydrogen (secondary N) is 1. The van der Waals surface area contributed by atoms with Crippen molar-refractivity contribution < 1.29 is 9.53 Å². The molecule has 148 valence electrons. The van der Waals surface area contributed by atoms with Crippen molar-refractivity contribution in [3.63, 3.8) is 0 Å². The molecule has 3 N–H and O–H groups in total. The molecule has 28 heavy (non-hydrogen) atoms. The summed E-state index contributed by atoms with van der Waals surface area (Å²) in [7, 11) is 0. The van der Waals surface area contributed by atoms with Crippen LogP contribution in [0.15, 0.2) is 41.7 Å². The van der Waals surface area contributed by atoms with Gasteiger partial charge in [-0.25, -0.2) is 9.97 Å². The quantitative estimate of drug-likeness (QED) is 0.432. The molecule has 8 heteroatoms. The van der Waals surface area contributed by atoms with Crippen LogP contribution >= 0.6 is 0 Å². The van der Waals surface area contributed by atoms with Gasteiger partial charge in [-0.1, -0.05) is 26.0 Å². The zero-order valence-corrected chi connectivity index (χ0v) is 16.6. The van der Waals surface area contributed by atoms with Gasteiger partial charge in [-0.2, -0.15) is 0 Å². The third-order valence-electron chi connectivity index (χ3n) is 4.24. The number of nitrogens with two attached hydrogens (primary N) is 1. The molecule has 1 aromatic carbocycles. The fraction of sp³-hybridized carbons (Fsp3) is 0.350. The molecule has 2 aromatic rings. The highest BCUT2D eigenvalue weighted by molar-refractivity contribution is 6.19. The third-order valence-corrected chi connectivity index (χ3v) is 4.24. The van der Waals surface area contributed by atoms with E-state index in [-0.39, 0.29) is 24.4 Å². The molecular weight excluding hydrogens is 356 g/mol. The Hall–Kier alpha value is -3.29. The monoisotopic (exact) mass is 382 g/mol. The zero-order valence-electron chi connectivity index (χ0n) is 16.6. The zero-order chi connectivity index (χ0) is 20.7. The van der Waals surface area contributed by atoms with Gasteiger partial charge in [0.25, 0.3) is 0 Å². The van der Waals surface area contributed by atoms with E-state index < -0.39 is 0 Å². The summed E-state index contributed by atoms with van der Waals surface area (Å²) in [6.45, 7) is 7.72. The fourth-order valence-corrected chi connectivity index (χ4v) is 2.30. The summed E-state index contributed by atoms with van der Waals surface area (Å²) >= 11 is 0. The maximum Gasteiger partial charge on any atom is 0.302 e. The van der Waals surface area contributed by atoms with Gasteiger partial charge in [-0.05, 0) is 30.5 Å². The molecule has 0 saturated heterocycles. The lowest BCUT2D eigenvalue weighted by Crippen LogP contribution is -2.33. The highest BCUT2D eigenvalue weighted by atomic mass is 16.5. The van der Waals surface area contributed by atoms with Crippen molar-refractivity contribution in [2.75, 3.05) is 10.6 Å². The second-order valence-electron chi connectivity index (χ2n) is 6.67. The van der Waals surface area contributed by atoms with Crippen LogP contribution in [0.5, 0.6) is 0 Å². The number of rotatable bonds is 7. The molecule has 0 spiro atoms. The molecule has 1 atom stereocenters. The maximum atomic E-state index is 11.0. The second-order valence-corrected chi connectivity index (χ2v) is 6.67. The van der Waals surface area contributed by atoms with E-state index in [1.165, 1.54) is 19.5 Å². The average molecular weight is 382 g/mol. The summed E-state index contributed by atoms with van der Waals surface area (Å²) in [5.74, 6) is 0.664. The number of aromatic nitrogens is 2. The van der Waals surface area contributed by atoms with Gasteiger partial charge in [-0.15, -0.1) is 0 Å². The van der Waals surface area contributed by atoms with Gasteiger partial charge in [0, 0.05) is 25.0 Å². The largest absolute Gasteiger partial charge is 0.461 e. The van der Waals surface area contributed by atoms with Crippen molar-refractivity contribution in [3.8, 4) is 0 Å². The van der Waals surface area contributed by atoms with Crippen molar-refractivity contribution >= 4 is 29.6 Å². The number of anilines is 2. The number of carbonyl (C=O) groups excluding carboxylic acids is 1. The number of benzene rings is 1. The second kappa shape index (κ2) is 9.59. The van der Waals surface area contributed by atoms with Gasteiger partial charge in [0.2, 0.25) is 0 Å². The van der Waals surface area contributed by atoms with Crippen LogP contribution < -0.4 is 10.6 Å². The van der Waals surface area contributed by atoms with E-state index in [0.717, 1.165) is 5.56 Å². The first-order chi connectivity index (χ1) is 13.3. The van der Waals surface area contributed by atoms with Crippen LogP contribution in [-0.2, 0) is 16.1 Å². The maximum absolute atomic E-state index is 11.0. The summed E-state index contributed by atoms with van der Waals surface area (Å²) in [5.41, 5.74) is 8.00. The Kier molecular flexibility index (Phi) is 7.20. The molecule has 8 nitrogen and oxygen atoms in total. The molecule has 0 fully saturated rings. The number of nitrogen functional groups attached to an aromatic ring is 1. The van der Waals surface area contributed by atoms with E-state index in [1.54, 1.807) is 11.1 Å². The van der Waals surface area contributed by atoms with Gasteiger partial charge in [0.15, 0.2) is 11.7 Å². The van der Waals surface area contributed by atoms with Crippen molar-refractivity contribution in [2.45, 2.75) is 40.3 Å². The molecule has 0 aliphatic carbocycles. The molecule has 1 aromatic heterocycles. The predicted octanol–water partition coefficient (Wildman–Crippen LogP) is 3.03. The Bertz CT molecular complexity index is 848. The van der Waals surface area contributed by atoms with Crippen molar-refractivity contribution in [3.05, 3.63) is 47.9 Å². The Morgan fingerprint density at radius 3 is 2.43 bits per heavy atom. The predicted molar refractivity (Wildman–Crippen MR) is 110 cm³/mol. The fourth-order valence-electron chi connectivity index (χ4n) is 2.30. The number of carbonyl (C=O) groups is 1. The molecule has 2 rings (SSSR count). The molecule has 0 unspecified atom stereocenters. The number of amidine groups is 1. The van der Waals surface area contributed by atoms with Gasteiger partial charge in [0.05, 0.1) is 12.4 Å². The SMILES string of the molecule is CC(=O)OCc1ccc(N(C=N)/C(=N\[C@@H](C)C(C)C)c2nccnc2N)cc1. The van der Waals surface area contributed by atoms with Crippen LogP contribution in [0.1, 0.15) is 39.0 Å². The molecule has 0 aliphatic rings. The van der Waals surface area contributed by atoms with E-state index in [1.807, 2.05) is 31.2 Å². The highest BCUT2D eigenvalue weighted by Crippen LogP contribution is 2.20. The van der Waals surface area contributed by atoms with E-state index in [4.69, 9.17) is 20.9 Å². The molecule has 0 saturated carbocycles. The van der Waals surface area contributed by atoms with Crippen LogP contribution in [0.25, 0.3) is 0 Å². The molecule has 1 heterocycles. The number of esters is 1. The summed E-state index contributed by atoms with van der Waals surface area (Å²) in [6, 6.07) is 7.30. The van der Waals surface area contributed by atoms with Crippen LogP contribution in [0.2, 0.25) is 0 Å². The summed E-state index contributed by atoms with van der Waals surface area (Å²) in [6.07, 6.45) is 4.23. The molecule has 0 bridgehead atoms. The Balaban J connectivity index is 2.43. The summed E-state index contributed by atoms with van der Waals surface area (Å²) < 4.78 is 5.01. The standard InChI is InChI=1S/C20H26N6O2/c1-13(2)14(3)25-20(18-19(22)24-10-9-23-18)26(12-21)17-7-5-16(6-8-17)11-28-15(4)27/h5-10,12-14,21H,11H2,1-4H3,(H2,22,24)/b21-12?,25-20-/t14-/m0/s1. The lowest BCUT2D eigenvalue weighted by Gasteiger charge is -2.24. The van der Waals surface area contributed by atoms with Crippen molar-refractivity contribution in [2.24, 2.45) is 10.9 Å². The number of aliphatic imine (C=N–C) groups is 1.